The summed E-state index contributed by atoms with van der Waals surface area (Å²) in [6.07, 6.45) is 1.44. The van der Waals surface area contributed by atoms with E-state index in [0.29, 0.717) is 18.8 Å². The minimum absolute atomic E-state index is 0.155. The third-order valence-corrected chi connectivity index (χ3v) is 4.37. The molecule has 1 N–H and O–H groups in total. The summed E-state index contributed by atoms with van der Waals surface area (Å²) in [5.74, 6) is -1.02. The maximum absolute atomic E-state index is 13.5. The third-order valence-electron chi connectivity index (χ3n) is 4.37. The third kappa shape index (κ3) is 3.93. The Morgan fingerprint density at radius 1 is 1.07 bits per heavy atom. The number of anilines is 1. The zero-order valence-corrected chi connectivity index (χ0v) is 15.7. The van der Waals surface area contributed by atoms with Crippen molar-refractivity contribution in [2.75, 3.05) is 18.4 Å². The first-order chi connectivity index (χ1) is 13.5. The molecule has 1 aromatic heterocycles. The highest BCUT2D eigenvalue weighted by Crippen LogP contribution is 2.23. The first-order valence-corrected chi connectivity index (χ1v) is 9.04. The van der Waals surface area contributed by atoms with Crippen LogP contribution in [0.1, 0.15) is 34.6 Å². The van der Waals surface area contributed by atoms with Crippen LogP contribution in [0.3, 0.4) is 0 Å². The Kier molecular flexibility index (Phi) is 5.84. The van der Waals surface area contributed by atoms with Crippen LogP contribution in [0, 0.1) is 5.82 Å². The highest BCUT2D eigenvalue weighted by Gasteiger charge is 2.23. The molecule has 2 aromatic carbocycles. The van der Waals surface area contributed by atoms with Crippen molar-refractivity contribution in [1.29, 1.82) is 0 Å². The van der Waals surface area contributed by atoms with E-state index in [0.717, 1.165) is 6.07 Å². The van der Waals surface area contributed by atoms with Crippen molar-refractivity contribution in [3.05, 3.63) is 77.7 Å². The molecule has 3 rings (SSSR count). The molecule has 0 bridgehead atoms. The van der Waals surface area contributed by atoms with Gasteiger partial charge in [-0.15, -0.1) is 0 Å². The van der Waals surface area contributed by atoms with Gasteiger partial charge in [-0.05, 0) is 44.2 Å². The van der Waals surface area contributed by atoms with E-state index in [-0.39, 0.29) is 22.9 Å². The minimum atomic E-state index is -0.522. The van der Waals surface area contributed by atoms with Gasteiger partial charge in [0.2, 0.25) is 0 Å². The molecule has 0 aliphatic rings. The Morgan fingerprint density at radius 3 is 2.43 bits per heavy atom. The van der Waals surface area contributed by atoms with Crippen molar-refractivity contribution < 1.29 is 14.0 Å². The van der Waals surface area contributed by atoms with E-state index in [1.165, 1.54) is 29.1 Å². The molecule has 3 aromatic rings. The van der Waals surface area contributed by atoms with Crippen molar-refractivity contribution in [2.24, 2.45) is 0 Å². The number of carbonyl (C=O) groups excluding carboxylic acids is 2. The predicted molar refractivity (Wildman–Crippen MR) is 105 cm³/mol. The monoisotopic (exact) mass is 380 g/mol. The van der Waals surface area contributed by atoms with Crippen molar-refractivity contribution >= 4 is 17.6 Å². The topological polar surface area (TPSA) is 67.2 Å². The molecule has 0 spiro atoms. The van der Waals surface area contributed by atoms with Gasteiger partial charge in [-0.25, -0.2) is 9.07 Å². The van der Waals surface area contributed by atoms with Crippen LogP contribution in [0.4, 0.5) is 10.2 Å². The number of rotatable bonds is 6. The number of nitrogens with zero attached hydrogens (tertiary/aromatic N) is 3. The highest BCUT2D eigenvalue weighted by atomic mass is 19.1. The summed E-state index contributed by atoms with van der Waals surface area (Å²) in [5.41, 5.74) is 1.12. The van der Waals surface area contributed by atoms with Crippen LogP contribution in [0.15, 0.2) is 60.8 Å². The zero-order chi connectivity index (χ0) is 20.1. The number of aromatic nitrogens is 2. The molecular weight excluding hydrogens is 359 g/mol. The molecule has 2 amide bonds. The van der Waals surface area contributed by atoms with E-state index in [1.54, 1.807) is 4.90 Å². The fraction of sp³-hybridized carbons (Fsp3) is 0.190. The van der Waals surface area contributed by atoms with E-state index in [2.05, 4.69) is 10.4 Å². The smallest absolute Gasteiger partial charge is 0.259 e. The summed E-state index contributed by atoms with van der Waals surface area (Å²) >= 11 is 0. The molecule has 6 nitrogen and oxygen atoms in total. The van der Waals surface area contributed by atoms with Crippen molar-refractivity contribution in [1.82, 2.24) is 14.7 Å². The zero-order valence-electron chi connectivity index (χ0n) is 15.7. The molecule has 0 atom stereocenters. The van der Waals surface area contributed by atoms with Crippen LogP contribution in [-0.2, 0) is 0 Å². The second-order valence-electron chi connectivity index (χ2n) is 6.10. The van der Waals surface area contributed by atoms with Gasteiger partial charge in [0, 0.05) is 18.7 Å². The maximum atomic E-state index is 13.5. The lowest BCUT2D eigenvalue weighted by molar-refractivity contribution is 0.0774. The lowest BCUT2D eigenvalue weighted by Gasteiger charge is -2.19. The van der Waals surface area contributed by atoms with Gasteiger partial charge in [-0.3, -0.25) is 9.59 Å². The summed E-state index contributed by atoms with van der Waals surface area (Å²) < 4.78 is 15.0. The van der Waals surface area contributed by atoms with Crippen molar-refractivity contribution in [3.63, 3.8) is 0 Å². The van der Waals surface area contributed by atoms with Gasteiger partial charge in [0.05, 0.1) is 11.9 Å². The highest BCUT2D eigenvalue weighted by molar-refractivity contribution is 6.08. The van der Waals surface area contributed by atoms with Gasteiger partial charge in [0.25, 0.3) is 11.8 Å². The lowest BCUT2D eigenvalue weighted by atomic mass is 10.2. The number of benzene rings is 2. The molecular formula is C21H21FN4O2. The van der Waals surface area contributed by atoms with Crippen molar-refractivity contribution in [3.8, 4) is 5.69 Å². The first-order valence-electron chi connectivity index (χ1n) is 9.04. The molecule has 0 radical (unpaired) electrons. The van der Waals surface area contributed by atoms with Gasteiger partial charge < -0.3 is 10.2 Å². The Labute approximate surface area is 162 Å². The van der Waals surface area contributed by atoms with Crippen LogP contribution in [0.25, 0.3) is 5.69 Å². The Hall–Kier alpha value is -3.48. The molecule has 144 valence electrons. The number of hydrogen-bond acceptors (Lipinski definition) is 3. The van der Waals surface area contributed by atoms with Crippen LogP contribution >= 0.6 is 0 Å². The minimum Gasteiger partial charge on any atom is -0.339 e. The molecule has 7 heteroatoms. The molecule has 28 heavy (non-hydrogen) atoms. The SMILES string of the molecule is CCN(CC)C(=O)c1cnn(-c2ccccc2)c1NC(=O)c1cccc(F)c1. The number of hydrogen-bond donors (Lipinski definition) is 1. The number of nitrogens with one attached hydrogen (secondary N) is 1. The van der Waals surface area contributed by atoms with E-state index in [4.69, 9.17) is 0 Å². The predicted octanol–water partition coefficient (Wildman–Crippen LogP) is 3.75. The van der Waals surface area contributed by atoms with E-state index >= 15 is 0 Å². The summed E-state index contributed by atoms with van der Waals surface area (Å²) in [7, 11) is 0. The molecule has 0 unspecified atom stereocenters. The number of amides is 2. The van der Waals surface area contributed by atoms with Gasteiger partial charge in [-0.2, -0.15) is 5.10 Å². The molecule has 0 aliphatic carbocycles. The second kappa shape index (κ2) is 8.47. The number of para-hydroxylation sites is 1. The Bertz CT molecular complexity index is 981. The lowest BCUT2D eigenvalue weighted by Crippen LogP contribution is -2.31. The largest absolute Gasteiger partial charge is 0.339 e. The second-order valence-corrected chi connectivity index (χ2v) is 6.10. The van der Waals surface area contributed by atoms with Gasteiger partial charge in [-0.1, -0.05) is 24.3 Å². The fourth-order valence-corrected chi connectivity index (χ4v) is 2.88. The van der Waals surface area contributed by atoms with Crippen LogP contribution < -0.4 is 5.32 Å². The molecule has 0 aliphatic heterocycles. The molecule has 1 heterocycles. The fourth-order valence-electron chi connectivity index (χ4n) is 2.88. The summed E-state index contributed by atoms with van der Waals surface area (Å²) in [4.78, 5) is 27.2. The Balaban J connectivity index is 2.04. The van der Waals surface area contributed by atoms with Crippen LogP contribution in [0.5, 0.6) is 0 Å². The van der Waals surface area contributed by atoms with Gasteiger partial charge in [0.1, 0.15) is 17.2 Å². The van der Waals surface area contributed by atoms with Crippen molar-refractivity contribution in [2.45, 2.75) is 13.8 Å². The normalized spacial score (nSPS) is 10.5. The average molecular weight is 380 g/mol. The summed E-state index contributed by atoms with van der Waals surface area (Å²) in [6, 6.07) is 14.5. The first kappa shape index (κ1) is 19.3. The molecule has 0 saturated heterocycles. The van der Waals surface area contributed by atoms with E-state index in [9.17, 15) is 14.0 Å². The molecule has 0 saturated carbocycles. The van der Waals surface area contributed by atoms with E-state index in [1.807, 2.05) is 44.2 Å². The van der Waals surface area contributed by atoms with Crippen LogP contribution in [0.2, 0.25) is 0 Å². The number of carbonyl (C=O) groups is 2. The summed E-state index contributed by atoms with van der Waals surface area (Å²) in [6.45, 7) is 4.83. The van der Waals surface area contributed by atoms with Gasteiger partial charge in [0.15, 0.2) is 0 Å². The van der Waals surface area contributed by atoms with Gasteiger partial charge >= 0.3 is 0 Å². The molecule has 0 fully saturated rings. The standard InChI is InChI=1S/C21H21FN4O2/c1-3-25(4-2)21(28)18-14-23-26(17-11-6-5-7-12-17)19(18)24-20(27)15-9-8-10-16(22)13-15/h5-14H,3-4H2,1-2H3,(H,24,27). The van der Waals surface area contributed by atoms with Crippen LogP contribution in [-0.4, -0.2) is 39.6 Å². The summed E-state index contributed by atoms with van der Waals surface area (Å²) in [5, 5.41) is 7.04. The quantitative estimate of drug-likeness (QED) is 0.708. The van der Waals surface area contributed by atoms with E-state index < -0.39 is 11.7 Å². The Morgan fingerprint density at radius 2 is 1.79 bits per heavy atom. The number of halogens is 1. The maximum Gasteiger partial charge on any atom is 0.259 e. The average Bonchev–Trinajstić information content (AvgIpc) is 3.13.